The molecule has 1 fully saturated rings. The van der Waals surface area contributed by atoms with Crippen LogP contribution in [0, 0.1) is 10.1 Å². The average Bonchev–Trinajstić information content (AvgIpc) is 2.31. The Labute approximate surface area is 92.3 Å². The van der Waals surface area contributed by atoms with Gasteiger partial charge in [-0.25, -0.2) is 0 Å². The van der Waals surface area contributed by atoms with Gasteiger partial charge in [-0.2, -0.15) is 0 Å². The van der Waals surface area contributed by atoms with Crippen molar-refractivity contribution in [3.8, 4) is 5.75 Å². The summed E-state index contributed by atoms with van der Waals surface area (Å²) in [6.07, 6.45) is 2.88. The molecule has 86 valence electrons. The average molecular weight is 224 g/mol. The van der Waals surface area contributed by atoms with Crippen molar-refractivity contribution in [2.24, 2.45) is 0 Å². The number of pyridine rings is 1. The van der Waals surface area contributed by atoms with Crippen molar-refractivity contribution in [3.63, 3.8) is 0 Å². The topological polar surface area (TPSA) is 74.5 Å². The Morgan fingerprint density at radius 3 is 2.94 bits per heavy atom. The fourth-order valence-corrected chi connectivity index (χ4v) is 1.58. The van der Waals surface area contributed by atoms with Crippen molar-refractivity contribution < 1.29 is 14.4 Å². The van der Waals surface area contributed by atoms with Crippen LogP contribution in [0.5, 0.6) is 5.75 Å². The maximum absolute atomic E-state index is 10.7. The van der Waals surface area contributed by atoms with E-state index in [4.69, 9.17) is 9.47 Å². The molecular weight excluding hydrogens is 212 g/mol. The Kier molecular flexibility index (Phi) is 3.31. The molecule has 6 nitrogen and oxygen atoms in total. The van der Waals surface area contributed by atoms with Crippen molar-refractivity contribution in [3.05, 3.63) is 28.4 Å². The quantitative estimate of drug-likeness (QED) is 0.575. The molecule has 0 spiro atoms. The second-order valence-corrected chi connectivity index (χ2v) is 3.51. The van der Waals surface area contributed by atoms with Crippen LogP contribution in [0.1, 0.15) is 12.8 Å². The normalized spacial score (nSPS) is 17.0. The summed E-state index contributed by atoms with van der Waals surface area (Å²) >= 11 is 0. The van der Waals surface area contributed by atoms with Crippen LogP contribution in [0.25, 0.3) is 0 Å². The van der Waals surface area contributed by atoms with Crippen molar-refractivity contribution in [1.82, 2.24) is 4.98 Å². The predicted octanol–water partition coefficient (Wildman–Crippen LogP) is 1.55. The van der Waals surface area contributed by atoms with Crippen LogP contribution >= 0.6 is 0 Å². The predicted molar refractivity (Wildman–Crippen MR) is 55.4 cm³/mol. The van der Waals surface area contributed by atoms with E-state index in [2.05, 4.69) is 4.98 Å². The van der Waals surface area contributed by atoms with Crippen LogP contribution in [-0.2, 0) is 4.74 Å². The third kappa shape index (κ3) is 2.46. The van der Waals surface area contributed by atoms with Crippen LogP contribution in [0.15, 0.2) is 18.3 Å². The molecule has 1 aromatic rings. The molecule has 1 saturated heterocycles. The van der Waals surface area contributed by atoms with Gasteiger partial charge in [0.25, 0.3) is 0 Å². The summed E-state index contributed by atoms with van der Waals surface area (Å²) in [7, 11) is 0. The van der Waals surface area contributed by atoms with Gasteiger partial charge in [-0.05, 0) is 22.0 Å². The van der Waals surface area contributed by atoms with E-state index in [1.54, 1.807) is 12.1 Å². The highest BCUT2D eigenvalue weighted by atomic mass is 16.6. The molecule has 6 heteroatoms. The zero-order chi connectivity index (χ0) is 11.4. The molecule has 1 aliphatic rings. The lowest BCUT2D eigenvalue weighted by atomic mass is 10.1. The van der Waals surface area contributed by atoms with Crippen LogP contribution in [0.2, 0.25) is 0 Å². The first-order valence-corrected chi connectivity index (χ1v) is 5.11. The van der Waals surface area contributed by atoms with E-state index in [1.807, 2.05) is 0 Å². The van der Waals surface area contributed by atoms with Crippen molar-refractivity contribution in [1.29, 1.82) is 0 Å². The van der Waals surface area contributed by atoms with E-state index in [1.165, 1.54) is 6.20 Å². The van der Waals surface area contributed by atoms with Gasteiger partial charge in [0.15, 0.2) is 0 Å². The highest BCUT2D eigenvalue weighted by Crippen LogP contribution is 2.26. The molecule has 16 heavy (non-hydrogen) atoms. The van der Waals surface area contributed by atoms with E-state index < -0.39 is 4.92 Å². The number of aromatic nitrogens is 1. The Morgan fingerprint density at radius 2 is 2.25 bits per heavy atom. The number of hydrogen-bond donors (Lipinski definition) is 0. The Balaban J connectivity index is 2.10. The summed E-state index contributed by atoms with van der Waals surface area (Å²) in [5.74, 6) is 0.00777. The molecule has 1 aliphatic heterocycles. The zero-order valence-corrected chi connectivity index (χ0v) is 8.67. The number of nitro groups is 1. The van der Waals surface area contributed by atoms with Gasteiger partial charge < -0.3 is 19.6 Å². The van der Waals surface area contributed by atoms with Gasteiger partial charge in [0.05, 0.1) is 13.2 Å². The van der Waals surface area contributed by atoms with Gasteiger partial charge in [-0.1, -0.05) is 0 Å². The van der Waals surface area contributed by atoms with E-state index in [9.17, 15) is 10.1 Å². The number of rotatable bonds is 3. The summed E-state index contributed by atoms with van der Waals surface area (Å²) in [6, 6.07) is 3.20. The summed E-state index contributed by atoms with van der Waals surface area (Å²) in [6.45, 7) is 1.28. The first-order valence-electron chi connectivity index (χ1n) is 5.11. The second-order valence-electron chi connectivity index (χ2n) is 3.51. The summed E-state index contributed by atoms with van der Waals surface area (Å²) in [5.41, 5.74) is 0. The summed E-state index contributed by atoms with van der Waals surface area (Å²) in [5, 5.41) is 10.7. The first kappa shape index (κ1) is 10.8. The monoisotopic (exact) mass is 224 g/mol. The molecule has 2 heterocycles. The third-order valence-corrected chi connectivity index (χ3v) is 2.39. The fourth-order valence-electron chi connectivity index (χ4n) is 1.58. The van der Waals surface area contributed by atoms with E-state index >= 15 is 0 Å². The highest BCUT2D eigenvalue weighted by Gasteiger charge is 2.21. The van der Waals surface area contributed by atoms with Gasteiger partial charge in [0, 0.05) is 12.8 Å². The second kappa shape index (κ2) is 4.89. The molecule has 0 aliphatic carbocycles. The van der Waals surface area contributed by atoms with Gasteiger partial charge in [0.1, 0.15) is 12.3 Å². The Morgan fingerprint density at radius 1 is 1.50 bits per heavy atom. The SMILES string of the molecule is O=[N+]([O-])c1ncccc1OC1CCOCC1. The fraction of sp³-hybridized carbons (Fsp3) is 0.500. The zero-order valence-electron chi connectivity index (χ0n) is 8.67. The standard InChI is InChI=1S/C10H12N2O4/c13-12(14)10-9(2-1-5-11-10)16-8-3-6-15-7-4-8/h1-2,5,8H,3-4,6-7H2. The molecule has 0 saturated carbocycles. The molecular formula is C10H12N2O4. The van der Waals surface area contributed by atoms with Gasteiger partial charge in [0.2, 0.25) is 5.75 Å². The van der Waals surface area contributed by atoms with E-state index in [0.29, 0.717) is 13.2 Å². The third-order valence-electron chi connectivity index (χ3n) is 2.39. The van der Waals surface area contributed by atoms with Crippen molar-refractivity contribution in [2.75, 3.05) is 13.2 Å². The van der Waals surface area contributed by atoms with Crippen LogP contribution < -0.4 is 4.74 Å². The number of nitrogens with zero attached hydrogens (tertiary/aromatic N) is 2. The minimum Gasteiger partial charge on any atom is -0.482 e. The highest BCUT2D eigenvalue weighted by molar-refractivity contribution is 5.38. The molecule has 0 unspecified atom stereocenters. The van der Waals surface area contributed by atoms with Crippen molar-refractivity contribution in [2.45, 2.75) is 18.9 Å². The molecule has 0 N–H and O–H groups in total. The largest absolute Gasteiger partial charge is 0.482 e. The summed E-state index contributed by atoms with van der Waals surface area (Å²) in [4.78, 5) is 13.9. The lowest BCUT2D eigenvalue weighted by Crippen LogP contribution is -2.26. The van der Waals surface area contributed by atoms with E-state index in [-0.39, 0.29) is 17.7 Å². The lowest BCUT2D eigenvalue weighted by molar-refractivity contribution is -0.390. The number of ether oxygens (including phenoxy) is 2. The van der Waals surface area contributed by atoms with Crippen LogP contribution in [0.3, 0.4) is 0 Å². The van der Waals surface area contributed by atoms with Crippen LogP contribution in [-0.4, -0.2) is 29.2 Å². The van der Waals surface area contributed by atoms with Gasteiger partial charge in [-0.3, -0.25) is 0 Å². The van der Waals surface area contributed by atoms with E-state index in [0.717, 1.165) is 12.8 Å². The molecule has 0 amide bonds. The molecule has 0 bridgehead atoms. The smallest absolute Gasteiger partial charge is 0.406 e. The van der Waals surface area contributed by atoms with Crippen LogP contribution in [0.4, 0.5) is 5.82 Å². The Hall–Kier alpha value is -1.69. The van der Waals surface area contributed by atoms with Gasteiger partial charge in [-0.15, -0.1) is 0 Å². The molecule has 0 atom stereocenters. The molecule has 2 rings (SSSR count). The minimum absolute atomic E-state index is 0.0170. The molecule has 0 aromatic carbocycles. The van der Waals surface area contributed by atoms with Crippen molar-refractivity contribution >= 4 is 5.82 Å². The molecule has 1 aromatic heterocycles. The summed E-state index contributed by atoms with van der Waals surface area (Å²) < 4.78 is 10.7. The number of hydrogen-bond acceptors (Lipinski definition) is 5. The molecule has 0 radical (unpaired) electrons. The lowest BCUT2D eigenvalue weighted by Gasteiger charge is -2.22. The maximum Gasteiger partial charge on any atom is 0.406 e. The van der Waals surface area contributed by atoms with Gasteiger partial charge >= 0.3 is 5.82 Å². The minimum atomic E-state index is -0.533. The Bertz CT molecular complexity index is 377. The maximum atomic E-state index is 10.7. The first-order chi connectivity index (χ1) is 7.77.